The van der Waals surface area contributed by atoms with E-state index in [0.717, 1.165) is 20.8 Å². The lowest BCUT2D eigenvalue weighted by Crippen LogP contribution is -2.09. The van der Waals surface area contributed by atoms with Crippen molar-refractivity contribution in [1.29, 1.82) is 0 Å². The van der Waals surface area contributed by atoms with Gasteiger partial charge in [0, 0.05) is 16.3 Å². The highest BCUT2D eigenvalue weighted by Crippen LogP contribution is 2.24. The maximum atomic E-state index is 12.4. The van der Waals surface area contributed by atoms with Gasteiger partial charge in [-0.05, 0) is 59.3 Å². The first-order chi connectivity index (χ1) is 14.0. The van der Waals surface area contributed by atoms with Crippen LogP contribution in [-0.2, 0) is 10.1 Å². The molecule has 0 spiro atoms. The molecule has 0 N–H and O–H groups in total. The predicted octanol–water partition coefficient (Wildman–Crippen LogP) is 6.12. The van der Waals surface area contributed by atoms with E-state index >= 15 is 0 Å². The molecule has 4 nitrogen and oxygen atoms in total. The molecule has 4 rings (SSSR count). The van der Waals surface area contributed by atoms with E-state index in [4.69, 9.17) is 4.18 Å². The summed E-state index contributed by atoms with van der Waals surface area (Å²) < 4.78 is 30.7. The topological polar surface area (TPSA) is 55.7 Å². The van der Waals surface area contributed by atoms with Gasteiger partial charge in [-0.15, -0.1) is 0 Å². The molecule has 4 aromatic rings. The second kappa shape index (κ2) is 8.19. The average Bonchev–Trinajstić information content (AvgIpc) is 2.73. The van der Waals surface area contributed by atoms with Gasteiger partial charge < -0.3 is 4.18 Å². The van der Waals surface area contributed by atoms with Crippen LogP contribution in [0.15, 0.2) is 105 Å². The van der Waals surface area contributed by atoms with Gasteiger partial charge in [0.2, 0.25) is 0 Å². The predicted molar refractivity (Wildman–Crippen MR) is 120 cm³/mol. The Morgan fingerprint density at radius 2 is 1.48 bits per heavy atom. The number of aliphatic imine (C=N–C) groups is 1. The molecule has 29 heavy (non-hydrogen) atoms. The minimum atomic E-state index is -3.88. The number of fused-ring (bicyclic) bond motifs is 1. The summed E-state index contributed by atoms with van der Waals surface area (Å²) in [6, 6.07) is 27.1. The van der Waals surface area contributed by atoms with Gasteiger partial charge in [-0.3, -0.25) is 4.99 Å². The van der Waals surface area contributed by atoms with Crippen LogP contribution >= 0.6 is 15.9 Å². The highest BCUT2D eigenvalue weighted by atomic mass is 79.9. The Morgan fingerprint density at radius 3 is 2.24 bits per heavy atom. The number of hydrogen-bond donors (Lipinski definition) is 0. The van der Waals surface area contributed by atoms with Crippen LogP contribution in [-0.4, -0.2) is 14.6 Å². The van der Waals surface area contributed by atoms with Gasteiger partial charge in [-0.1, -0.05) is 58.4 Å². The van der Waals surface area contributed by atoms with Crippen LogP contribution in [0, 0.1) is 0 Å². The van der Waals surface area contributed by atoms with Gasteiger partial charge >= 0.3 is 10.1 Å². The molecule has 0 aromatic heterocycles. The van der Waals surface area contributed by atoms with Crippen LogP contribution in [0.4, 0.5) is 5.69 Å². The Kier molecular flexibility index (Phi) is 5.47. The molecule has 0 atom stereocenters. The lowest BCUT2D eigenvalue weighted by Gasteiger charge is -2.07. The molecular formula is C23H16BrNO3S. The van der Waals surface area contributed by atoms with Gasteiger partial charge in [0.15, 0.2) is 0 Å². The van der Waals surface area contributed by atoms with Crippen molar-refractivity contribution in [3.05, 3.63) is 101 Å². The van der Waals surface area contributed by atoms with Crippen molar-refractivity contribution < 1.29 is 12.6 Å². The zero-order chi connectivity index (χ0) is 20.3. The minimum absolute atomic E-state index is 0.0961. The largest absolute Gasteiger partial charge is 0.379 e. The monoisotopic (exact) mass is 465 g/mol. The lowest BCUT2D eigenvalue weighted by atomic mass is 10.1. The first kappa shape index (κ1) is 19.4. The molecule has 0 saturated carbocycles. The second-order valence-electron chi connectivity index (χ2n) is 6.31. The van der Waals surface area contributed by atoms with Crippen LogP contribution < -0.4 is 4.18 Å². The van der Waals surface area contributed by atoms with E-state index in [1.54, 1.807) is 42.6 Å². The Morgan fingerprint density at radius 1 is 0.793 bits per heavy atom. The molecular weight excluding hydrogens is 450 g/mol. The van der Waals surface area contributed by atoms with Gasteiger partial charge in [0.25, 0.3) is 0 Å². The molecule has 0 unspecified atom stereocenters. The molecule has 0 aliphatic heterocycles. The summed E-state index contributed by atoms with van der Waals surface area (Å²) in [6.45, 7) is 0. The lowest BCUT2D eigenvalue weighted by molar-refractivity contribution is 0.486. The van der Waals surface area contributed by atoms with Crippen LogP contribution in [0.2, 0.25) is 0 Å². The van der Waals surface area contributed by atoms with Crippen molar-refractivity contribution >= 4 is 48.7 Å². The number of hydrogen-bond acceptors (Lipinski definition) is 4. The maximum absolute atomic E-state index is 12.4. The highest BCUT2D eigenvalue weighted by molar-refractivity contribution is 9.10. The third kappa shape index (κ3) is 4.55. The summed E-state index contributed by atoms with van der Waals surface area (Å²) in [6.07, 6.45) is 1.80. The van der Waals surface area contributed by atoms with E-state index < -0.39 is 10.1 Å². The first-order valence-electron chi connectivity index (χ1n) is 8.83. The quantitative estimate of drug-likeness (QED) is 0.263. The molecule has 0 fully saturated rings. The highest BCUT2D eigenvalue weighted by Gasteiger charge is 2.16. The number of halogens is 1. The van der Waals surface area contributed by atoms with Crippen LogP contribution in [0.1, 0.15) is 5.56 Å². The van der Waals surface area contributed by atoms with E-state index in [2.05, 4.69) is 39.1 Å². The van der Waals surface area contributed by atoms with Crippen LogP contribution in [0.5, 0.6) is 5.75 Å². The van der Waals surface area contributed by atoms with E-state index in [1.165, 1.54) is 12.1 Å². The minimum Gasteiger partial charge on any atom is -0.379 e. The summed E-state index contributed by atoms with van der Waals surface area (Å²) in [5.41, 5.74) is 1.72. The molecule has 0 bridgehead atoms. The third-order valence-corrected chi connectivity index (χ3v) is 6.11. The number of rotatable bonds is 5. The van der Waals surface area contributed by atoms with Gasteiger partial charge in [-0.2, -0.15) is 8.42 Å². The summed E-state index contributed by atoms with van der Waals surface area (Å²) in [5.74, 6) is 0.233. The zero-order valence-corrected chi connectivity index (χ0v) is 17.6. The Balaban J connectivity index is 1.52. The van der Waals surface area contributed by atoms with E-state index in [1.807, 2.05) is 24.3 Å². The van der Waals surface area contributed by atoms with Crippen molar-refractivity contribution in [2.45, 2.75) is 4.90 Å². The molecule has 0 radical (unpaired) electrons. The maximum Gasteiger partial charge on any atom is 0.339 e. The Bertz CT molecular complexity index is 1280. The van der Waals surface area contributed by atoms with Crippen molar-refractivity contribution in [1.82, 2.24) is 0 Å². The van der Waals surface area contributed by atoms with Gasteiger partial charge in [-0.25, -0.2) is 0 Å². The fraction of sp³-hybridized carbons (Fsp3) is 0. The molecule has 0 heterocycles. The molecule has 0 saturated heterocycles. The zero-order valence-electron chi connectivity index (χ0n) is 15.2. The van der Waals surface area contributed by atoms with Crippen LogP contribution in [0.3, 0.4) is 0 Å². The summed E-state index contributed by atoms with van der Waals surface area (Å²) in [7, 11) is -3.88. The van der Waals surface area contributed by atoms with Crippen LogP contribution in [0.25, 0.3) is 10.8 Å². The molecule has 0 aliphatic carbocycles. The third-order valence-electron chi connectivity index (χ3n) is 4.32. The Hall–Kier alpha value is -2.96. The van der Waals surface area contributed by atoms with Gasteiger partial charge in [0.1, 0.15) is 10.6 Å². The number of benzene rings is 4. The smallest absolute Gasteiger partial charge is 0.339 e. The summed E-state index contributed by atoms with van der Waals surface area (Å²) >= 11 is 3.28. The van der Waals surface area contributed by atoms with E-state index in [9.17, 15) is 8.42 Å². The average molecular weight is 466 g/mol. The van der Waals surface area contributed by atoms with Gasteiger partial charge in [0.05, 0.1) is 5.69 Å². The molecule has 6 heteroatoms. The Labute approximate surface area is 177 Å². The van der Waals surface area contributed by atoms with Crippen molar-refractivity contribution in [3.8, 4) is 5.75 Å². The molecule has 0 amide bonds. The SMILES string of the molecule is O=S(=O)(Oc1ccc(/N=C\c2cccc3ccccc23)cc1)c1ccc(Br)cc1. The standard InChI is InChI=1S/C23H16BrNO3S/c24-19-8-14-22(15-9-19)29(26,27)28-21-12-10-20(11-13-21)25-16-18-6-3-5-17-4-1-2-7-23(17)18/h1-16H/b25-16-. The second-order valence-corrected chi connectivity index (χ2v) is 8.77. The van der Waals surface area contributed by atoms with Crippen molar-refractivity contribution in [2.75, 3.05) is 0 Å². The normalized spacial score (nSPS) is 11.8. The molecule has 144 valence electrons. The summed E-state index contributed by atoms with van der Waals surface area (Å²) in [4.78, 5) is 4.59. The van der Waals surface area contributed by atoms with Crippen molar-refractivity contribution in [3.63, 3.8) is 0 Å². The first-order valence-corrected chi connectivity index (χ1v) is 11.0. The number of nitrogens with zero attached hydrogens (tertiary/aromatic N) is 1. The molecule has 0 aliphatic rings. The fourth-order valence-corrected chi connectivity index (χ4v) is 4.07. The summed E-state index contributed by atoms with van der Waals surface area (Å²) in [5, 5.41) is 2.28. The van der Waals surface area contributed by atoms with E-state index in [0.29, 0.717) is 5.69 Å². The van der Waals surface area contributed by atoms with Crippen molar-refractivity contribution in [2.24, 2.45) is 4.99 Å². The van der Waals surface area contributed by atoms with E-state index in [-0.39, 0.29) is 10.6 Å². The fourth-order valence-electron chi connectivity index (χ4n) is 2.87. The molecule has 4 aromatic carbocycles.